The molecule has 0 amide bonds. The number of nitrogens with one attached hydrogen (secondary N) is 1. The Morgan fingerprint density at radius 2 is 1.88 bits per heavy atom. The van der Waals surface area contributed by atoms with Gasteiger partial charge in [-0.1, -0.05) is 54.0 Å². The fourth-order valence-electron chi connectivity index (χ4n) is 5.08. The third-order valence-electron chi connectivity index (χ3n) is 6.71. The highest BCUT2D eigenvalue weighted by Gasteiger charge is 2.34. The van der Waals surface area contributed by atoms with Gasteiger partial charge in [0, 0.05) is 29.9 Å². The van der Waals surface area contributed by atoms with Crippen molar-refractivity contribution in [1.29, 1.82) is 0 Å². The second-order valence-corrected chi connectivity index (χ2v) is 9.11. The minimum atomic E-state index is 0.00877. The first-order valence-corrected chi connectivity index (χ1v) is 11.3. The van der Waals surface area contributed by atoms with Crippen molar-refractivity contribution < 1.29 is 9.32 Å². The van der Waals surface area contributed by atoms with Crippen molar-refractivity contribution in [2.24, 2.45) is 5.92 Å². The fourth-order valence-corrected chi connectivity index (χ4v) is 5.08. The normalized spacial score (nSPS) is 17.5. The summed E-state index contributed by atoms with van der Waals surface area (Å²) >= 11 is 0. The number of nitrogens with zero attached hydrogens (tertiary/aromatic N) is 2. The maximum Gasteiger partial charge on any atom is 0.196 e. The van der Waals surface area contributed by atoms with Gasteiger partial charge in [0.25, 0.3) is 0 Å². The number of aromatic nitrogens is 1. The first kappa shape index (κ1) is 19.1. The smallest absolute Gasteiger partial charge is 0.196 e. The van der Waals surface area contributed by atoms with Crippen LogP contribution in [0.3, 0.4) is 0 Å². The van der Waals surface area contributed by atoms with E-state index in [-0.39, 0.29) is 5.78 Å². The van der Waals surface area contributed by atoms with Gasteiger partial charge in [0.1, 0.15) is 5.52 Å². The number of piperidine rings is 1. The lowest BCUT2D eigenvalue weighted by Crippen LogP contribution is -2.34. The molecule has 160 valence electrons. The van der Waals surface area contributed by atoms with E-state index in [9.17, 15) is 4.79 Å². The standard InChI is InChI=1S/C27H25N3O2/c1-16-9-11-18(12-10-16)28-21-14-22(30-13-5-6-17(2)15-30)25-24-23(21)26(31)19-7-3-4-8-20(19)27(24)32-29-25/h3-4,7-12,14,17,28H,5-6,13,15H2,1-2H3. The Kier molecular flexibility index (Phi) is 4.32. The van der Waals surface area contributed by atoms with Crippen LogP contribution < -0.4 is 10.2 Å². The van der Waals surface area contributed by atoms with Gasteiger partial charge < -0.3 is 14.7 Å². The summed E-state index contributed by atoms with van der Waals surface area (Å²) in [5.74, 6) is 1.31. The summed E-state index contributed by atoms with van der Waals surface area (Å²) in [5.41, 5.74) is 6.88. The Bertz CT molecular complexity index is 1350. The highest BCUT2D eigenvalue weighted by Crippen LogP contribution is 2.46. The minimum Gasteiger partial charge on any atom is -0.369 e. The molecule has 1 fully saturated rings. The molecule has 5 heteroatoms. The van der Waals surface area contributed by atoms with Gasteiger partial charge in [-0.15, -0.1) is 0 Å². The molecule has 1 aliphatic heterocycles. The van der Waals surface area contributed by atoms with Crippen molar-refractivity contribution in [2.45, 2.75) is 26.7 Å². The first-order valence-electron chi connectivity index (χ1n) is 11.3. The predicted octanol–water partition coefficient (Wildman–Crippen LogP) is 6.33. The van der Waals surface area contributed by atoms with E-state index >= 15 is 0 Å². The summed E-state index contributed by atoms with van der Waals surface area (Å²) in [4.78, 5) is 16.1. The molecular weight excluding hydrogens is 398 g/mol. The number of carbonyl (C=O) groups is 1. The van der Waals surface area contributed by atoms with Crippen LogP contribution >= 0.6 is 0 Å². The van der Waals surface area contributed by atoms with Crippen molar-refractivity contribution in [2.75, 3.05) is 23.3 Å². The molecule has 1 aliphatic carbocycles. The highest BCUT2D eigenvalue weighted by molar-refractivity contribution is 6.28. The zero-order chi connectivity index (χ0) is 21.8. The summed E-state index contributed by atoms with van der Waals surface area (Å²) in [7, 11) is 0. The van der Waals surface area contributed by atoms with Crippen LogP contribution in [-0.4, -0.2) is 24.0 Å². The lowest BCUT2D eigenvalue weighted by molar-refractivity contribution is 0.104. The molecule has 0 spiro atoms. The summed E-state index contributed by atoms with van der Waals surface area (Å²) in [6.07, 6.45) is 2.39. The molecule has 1 aromatic heterocycles. The molecule has 0 bridgehead atoms. The maximum absolute atomic E-state index is 13.7. The third kappa shape index (κ3) is 2.92. The molecule has 5 nitrogen and oxygen atoms in total. The summed E-state index contributed by atoms with van der Waals surface area (Å²) in [5, 5.41) is 8.83. The van der Waals surface area contributed by atoms with E-state index in [1.165, 1.54) is 12.0 Å². The number of carbonyl (C=O) groups excluding carboxylic acids is 1. The monoisotopic (exact) mass is 423 g/mol. The van der Waals surface area contributed by atoms with Crippen LogP contribution in [0.2, 0.25) is 0 Å². The highest BCUT2D eigenvalue weighted by atomic mass is 16.5. The molecule has 2 heterocycles. The van der Waals surface area contributed by atoms with E-state index in [4.69, 9.17) is 4.52 Å². The van der Waals surface area contributed by atoms with Gasteiger partial charge in [-0.2, -0.15) is 0 Å². The van der Waals surface area contributed by atoms with Crippen LogP contribution in [0.15, 0.2) is 59.1 Å². The zero-order valence-electron chi connectivity index (χ0n) is 18.3. The fraction of sp³-hybridized carbons (Fsp3) is 0.259. The van der Waals surface area contributed by atoms with E-state index in [0.29, 0.717) is 22.8 Å². The van der Waals surface area contributed by atoms with Gasteiger partial charge in [0.15, 0.2) is 11.5 Å². The van der Waals surface area contributed by atoms with E-state index in [2.05, 4.69) is 47.4 Å². The molecule has 2 aliphatic rings. The molecular formula is C27H25N3O2. The molecule has 1 saturated heterocycles. The van der Waals surface area contributed by atoms with Gasteiger partial charge in [-0.3, -0.25) is 4.79 Å². The van der Waals surface area contributed by atoms with Crippen molar-refractivity contribution in [3.63, 3.8) is 0 Å². The lowest BCUT2D eigenvalue weighted by atomic mass is 9.86. The van der Waals surface area contributed by atoms with Crippen LogP contribution in [0, 0.1) is 12.8 Å². The average molecular weight is 424 g/mol. The molecule has 0 radical (unpaired) electrons. The summed E-state index contributed by atoms with van der Waals surface area (Å²) in [6, 6.07) is 18.0. The Morgan fingerprint density at radius 1 is 1.09 bits per heavy atom. The second-order valence-electron chi connectivity index (χ2n) is 9.11. The number of benzene rings is 3. The maximum atomic E-state index is 13.7. The molecule has 32 heavy (non-hydrogen) atoms. The van der Waals surface area contributed by atoms with E-state index < -0.39 is 0 Å². The molecule has 3 aromatic carbocycles. The Morgan fingerprint density at radius 3 is 2.66 bits per heavy atom. The number of hydrogen-bond donors (Lipinski definition) is 1. The van der Waals surface area contributed by atoms with Gasteiger partial charge in [-0.05, 0) is 43.9 Å². The number of hydrogen-bond acceptors (Lipinski definition) is 5. The zero-order valence-corrected chi connectivity index (χ0v) is 18.3. The lowest BCUT2D eigenvalue weighted by Gasteiger charge is -2.33. The van der Waals surface area contributed by atoms with Crippen LogP contribution in [-0.2, 0) is 0 Å². The number of rotatable bonds is 3. The third-order valence-corrected chi connectivity index (χ3v) is 6.71. The summed E-state index contributed by atoms with van der Waals surface area (Å²) in [6.45, 7) is 6.32. The van der Waals surface area contributed by atoms with E-state index in [1.807, 2.05) is 36.4 Å². The SMILES string of the molecule is Cc1ccc(Nc2cc(N3CCCC(C)C3)c3noc4c3c2C(=O)c2ccccc2-4)cc1. The quantitative estimate of drug-likeness (QED) is 0.368. The van der Waals surface area contributed by atoms with Crippen LogP contribution in [0.1, 0.15) is 41.3 Å². The number of ketones is 1. The Labute approximate surface area is 187 Å². The molecule has 4 aromatic rings. The molecule has 1 unspecified atom stereocenters. The number of fused-ring (bicyclic) bond motifs is 2. The van der Waals surface area contributed by atoms with Crippen LogP contribution in [0.4, 0.5) is 17.1 Å². The number of aryl methyl sites for hydroxylation is 1. The summed E-state index contributed by atoms with van der Waals surface area (Å²) < 4.78 is 5.89. The minimum absolute atomic E-state index is 0.00877. The topological polar surface area (TPSA) is 58.4 Å². The molecule has 6 rings (SSSR count). The van der Waals surface area contributed by atoms with Crippen molar-refractivity contribution in [3.05, 3.63) is 71.3 Å². The largest absolute Gasteiger partial charge is 0.369 e. The van der Waals surface area contributed by atoms with E-state index in [1.54, 1.807) is 0 Å². The molecule has 1 atom stereocenters. The van der Waals surface area contributed by atoms with Crippen LogP contribution in [0.5, 0.6) is 0 Å². The average Bonchev–Trinajstić information content (AvgIpc) is 3.24. The van der Waals surface area contributed by atoms with Crippen LogP contribution in [0.25, 0.3) is 22.2 Å². The molecule has 0 saturated carbocycles. The number of anilines is 3. The van der Waals surface area contributed by atoms with Gasteiger partial charge in [-0.25, -0.2) is 0 Å². The van der Waals surface area contributed by atoms with Crippen molar-refractivity contribution in [1.82, 2.24) is 5.16 Å². The van der Waals surface area contributed by atoms with Gasteiger partial charge in [0.05, 0.1) is 22.3 Å². The van der Waals surface area contributed by atoms with E-state index in [0.717, 1.165) is 53.0 Å². The second kappa shape index (κ2) is 7.23. The van der Waals surface area contributed by atoms with Gasteiger partial charge in [0.2, 0.25) is 0 Å². The van der Waals surface area contributed by atoms with Crippen molar-refractivity contribution in [3.8, 4) is 11.3 Å². The first-order chi connectivity index (χ1) is 15.6. The van der Waals surface area contributed by atoms with Crippen molar-refractivity contribution >= 4 is 33.7 Å². The predicted molar refractivity (Wildman–Crippen MR) is 128 cm³/mol. The Balaban J connectivity index is 1.60. The molecule has 1 N–H and O–H groups in total. The Hall–Kier alpha value is -3.60. The van der Waals surface area contributed by atoms with Gasteiger partial charge >= 0.3 is 0 Å².